The lowest BCUT2D eigenvalue weighted by atomic mass is 10.2. The number of carbonyl (C=O) groups excluding carboxylic acids is 1. The van der Waals surface area contributed by atoms with Crippen LogP contribution in [0.25, 0.3) is 11.0 Å². The van der Waals surface area contributed by atoms with Gasteiger partial charge in [0.1, 0.15) is 18.2 Å². The maximum absolute atomic E-state index is 12.9. The first-order valence-corrected chi connectivity index (χ1v) is 9.29. The number of nitrogens with one attached hydrogen (secondary N) is 1. The van der Waals surface area contributed by atoms with E-state index in [1.165, 1.54) is 0 Å². The molecule has 0 fully saturated rings. The molecule has 0 aliphatic rings. The molecule has 1 atom stereocenters. The summed E-state index contributed by atoms with van der Waals surface area (Å²) in [5.41, 5.74) is 1.93. The predicted molar refractivity (Wildman–Crippen MR) is 101 cm³/mol. The highest BCUT2D eigenvalue weighted by Gasteiger charge is 2.23. The number of aryl methyl sites for hydroxylation is 2. The van der Waals surface area contributed by atoms with Gasteiger partial charge in [0, 0.05) is 13.0 Å². The van der Waals surface area contributed by atoms with Gasteiger partial charge in [0.2, 0.25) is 5.91 Å². The molecule has 2 heterocycles. The molecule has 0 aliphatic carbocycles. The number of para-hydroxylation sites is 2. The van der Waals surface area contributed by atoms with Crippen molar-refractivity contribution >= 4 is 16.9 Å². The molecule has 3 rings (SSSR count). The molecule has 0 saturated heterocycles. The SMILES string of the molecule is CCCn1cnnc1CNC(=O)[C@@H](CC)n1c(CC)nc2ccccc21. The Bertz CT molecular complexity index is 881. The summed E-state index contributed by atoms with van der Waals surface area (Å²) in [5, 5.41) is 11.1. The number of nitrogens with zero attached hydrogens (tertiary/aromatic N) is 5. The van der Waals surface area contributed by atoms with Crippen molar-refractivity contribution in [2.45, 2.75) is 59.2 Å². The van der Waals surface area contributed by atoms with Gasteiger partial charge in [-0.25, -0.2) is 4.98 Å². The fourth-order valence-corrected chi connectivity index (χ4v) is 3.30. The molecule has 1 N–H and O–H groups in total. The fourth-order valence-electron chi connectivity index (χ4n) is 3.30. The van der Waals surface area contributed by atoms with Crippen LogP contribution in [0.4, 0.5) is 0 Å². The zero-order valence-electron chi connectivity index (χ0n) is 15.6. The Labute approximate surface area is 153 Å². The Morgan fingerprint density at radius 1 is 1.19 bits per heavy atom. The minimum Gasteiger partial charge on any atom is -0.347 e. The summed E-state index contributed by atoms with van der Waals surface area (Å²) in [6.45, 7) is 7.42. The number of imidazole rings is 1. The van der Waals surface area contributed by atoms with Crippen LogP contribution < -0.4 is 5.32 Å². The highest BCUT2D eigenvalue weighted by molar-refractivity contribution is 5.84. The lowest BCUT2D eigenvalue weighted by molar-refractivity contribution is -0.124. The number of hydrogen-bond acceptors (Lipinski definition) is 4. The van der Waals surface area contributed by atoms with Crippen LogP contribution in [0.1, 0.15) is 51.3 Å². The molecular formula is C19H26N6O. The van der Waals surface area contributed by atoms with Gasteiger partial charge in [-0.2, -0.15) is 0 Å². The second-order valence-electron chi connectivity index (χ2n) is 6.32. The number of fused-ring (bicyclic) bond motifs is 1. The van der Waals surface area contributed by atoms with Gasteiger partial charge in [0.25, 0.3) is 0 Å². The van der Waals surface area contributed by atoms with Crippen molar-refractivity contribution < 1.29 is 4.79 Å². The normalized spacial score (nSPS) is 12.4. The van der Waals surface area contributed by atoms with Crippen LogP contribution >= 0.6 is 0 Å². The second kappa shape index (κ2) is 8.12. The largest absolute Gasteiger partial charge is 0.347 e. The Hall–Kier alpha value is -2.70. The molecule has 0 spiro atoms. The Morgan fingerprint density at radius 2 is 2.00 bits per heavy atom. The van der Waals surface area contributed by atoms with Crippen molar-refractivity contribution in [3.05, 3.63) is 42.2 Å². The molecule has 26 heavy (non-hydrogen) atoms. The molecule has 3 aromatic rings. The Morgan fingerprint density at radius 3 is 2.73 bits per heavy atom. The molecule has 138 valence electrons. The van der Waals surface area contributed by atoms with Crippen LogP contribution in [0.3, 0.4) is 0 Å². The van der Waals surface area contributed by atoms with Crippen LogP contribution in [0.5, 0.6) is 0 Å². The summed E-state index contributed by atoms with van der Waals surface area (Å²) in [6, 6.07) is 7.68. The summed E-state index contributed by atoms with van der Waals surface area (Å²) >= 11 is 0. The summed E-state index contributed by atoms with van der Waals surface area (Å²) in [6.07, 6.45) is 4.18. The number of rotatable bonds is 8. The van der Waals surface area contributed by atoms with E-state index < -0.39 is 0 Å². The Kier molecular flexibility index (Phi) is 5.65. The van der Waals surface area contributed by atoms with Crippen molar-refractivity contribution in [1.82, 2.24) is 29.6 Å². The lowest BCUT2D eigenvalue weighted by Gasteiger charge is -2.19. The maximum Gasteiger partial charge on any atom is 0.243 e. The molecule has 7 heteroatoms. The van der Waals surface area contributed by atoms with E-state index in [2.05, 4.69) is 38.9 Å². The predicted octanol–water partition coefficient (Wildman–Crippen LogP) is 2.87. The minimum absolute atomic E-state index is 0.0172. The highest BCUT2D eigenvalue weighted by atomic mass is 16.2. The van der Waals surface area contributed by atoms with Crippen molar-refractivity contribution in [1.29, 1.82) is 0 Å². The molecule has 0 radical (unpaired) electrons. The van der Waals surface area contributed by atoms with Gasteiger partial charge in [0.05, 0.1) is 17.6 Å². The second-order valence-corrected chi connectivity index (χ2v) is 6.32. The number of carbonyl (C=O) groups is 1. The molecule has 0 unspecified atom stereocenters. The molecule has 0 bridgehead atoms. The summed E-state index contributed by atoms with van der Waals surface area (Å²) in [5.74, 6) is 1.69. The molecule has 0 saturated carbocycles. The fraction of sp³-hybridized carbons (Fsp3) is 0.474. The topological polar surface area (TPSA) is 77.6 Å². The first-order chi connectivity index (χ1) is 12.7. The smallest absolute Gasteiger partial charge is 0.243 e. The molecule has 2 aromatic heterocycles. The van der Waals surface area contributed by atoms with E-state index in [-0.39, 0.29) is 11.9 Å². The molecule has 7 nitrogen and oxygen atoms in total. The van der Waals surface area contributed by atoms with Gasteiger partial charge in [-0.15, -0.1) is 10.2 Å². The minimum atomic E-state index is -0.292. The van der Waals surface area contributed by atoms with Crippen LogP contribution in [-0.2, 0) is 24.3 Å². The van der Waals surface area contributed by atoms with Gasteiger partial charge in [-0.05, 0) is 25.0 Å². The van der Waals surface area contributed by atoms with Crippen molar-refractivity contribution in [3.8, 4) is 0 Å². The van der Waals surface area contributed by atoms with Crippen LogP contribution in [0, 0.1) is 0 Å². The van der Waals surface area contributed by atoms with E-state index in [1.807, 2.05) is 35.8 Å². The van der Waals surface area contributed by atoms with Crippen LogP contribution in [0.2, 0.25) is 0 Å². The first-order valence-electron chi connectivity index (χ1n) is 9.29. The zero-order valence-corrected chi connectivity index (χ0v) is 15.6. The average Bonchev–Trinajstić information content (AvgIpc) is 3.25. The third-order valence-corrected chi connectivity index (χ3v) is 4.57. The first kappa shape index (κ1) is 18.1. The standard InChI is InChI=1S/C19H26N6O/c1-4-11-24-13-21-23-18(24)12-20-19(26)15(5-2)25-16-10-8-7-9-14(16)22-17(25)6-3/h7-10,13,15H,4-6,11-12H2,1-3H3,(H,20,26)/t15-/m1/s1. The number of aromatic nitrogens is 5. The third-order valence-electron chi connectivity index (χ3n) is 4.57. The number of amides is 1. The number of benzene rings is 1. The molecule has 0 aliphatic heterocycles. The van der Waals surface area contributed by atoms with Crippen molar-refractivity contribution in [2.75, 3.05) is 0 Å². The van der Waals surface area contributed by atoms with Crippen molar-refractivity contribution in [2.24, 2.45) is 0 Å². The van der Waals surface area contributed by atoms with E-state index in [4.69, 9.17) is 0 Å². The molecule has 1 amide bonds. The van der Waals surface area contributed by atoms with Crippen molar-refractivity contribution in [3.63, 3.8) is 0 Å². The van der Waals surface area contributed by atoms with E-state index in [0.717, 1.165) is 42.1 Å². The van der Waals surface area contributed by atoms with Gasteiger partial charge < -0.3 is 14.5 Å². The summed E-state index contributed by atoms with van der Waals surface area (Å²) in [4.78, 5) is 17.6. The highest BCUT2D eigenvalue weighted by Crippen LogP contribution is 2.24. The molecular weight excluding hydrogens is 328 g/mol. The average molecular weight is 354 g/mol. The van der Waals surface area contributed by atoms with Gasteiger partial charge >= 0.3 is 0 Å². The summed E-state index contributed by atoms with van der Waals surface area (Å²) in [7, 11) is 0. The molecule has 1 aromatic carbocycles. The van der Waals surface area contributed by atoms with Gasteiger partial charge in [0.15, 0.2) is 5.82 Å². The zero-order chi connectivity index (χ0) is 18.5. The lowest BCUT2D eigenvalue weighted by Crippen LogP contribution is -2.33. The van der Waals surface area contributed by atoms with E-state index >= 15 is 0 Å². The van der Waals surface area contributed by atoms with Crippen LogP contribution in [-0.4, -0.2) is 30.2 Å². The van der Waals surface area contributed by atoms with Crippen LogP contribution in [0.15, 0.2) is 30.6 Å². The Balaban J connectivity index is 1.82. The van der Waals surface area contributed by atoms with E-state index in [0.29, 0.717) is 13.0 Å². The third kappa shape index (κ3) is 3.47. The summed E-state index contributed by atoms with van der Waals surface area (Å²) < 4.78 is 4.05. The monoisotopic (exact) mass is 354 g/mol. The van der Waals surface area contributed by atoms with Gasteiger partial charge in [-0.3, -0.25) is 4.79 Å². The maximum atomic E-state index is 12.9. The van der Waals surface area contributed by atoms with E-state index in [9.17, 15) is 4.79 Å². The van der Waals surface area contributed by atoms with Gasteiger partial charge in [-0.1, -0.05) is 32.9 Å². The number of hydrogen-bond donors (Lipinski definition) is 1. The van der Waals surface area contributed by atoms with E-state index in [1.54, 1.807) is 6.33 Å². The quantitative estimate of drug-likeness (QED) is 0.675.